The molecule has 98 valence electrons. The number of pyridine rings is 1. The Balaban J connectivity index is 2.14. The summed E-state index contributed by atoms with van der Waals surface area (Å²) in [6.45, 7) is 0.351. The topological polar surface area (TPSA) is 73.4 Å². The molecule has 2 N–H and O–H groups in total. The van der Waals surface area contributed by atoms with E-state index < -0.39 is 0 Å². The van der Waals surface area contributed by atoms with E-state index in [-0.39, 0.29) is 22.9 Å². The van der Waals surface area contributed by atoms with Gasteiger partial charge in [0, 0.05) is 19.7 Å². The Morgan fingerprint density at radius 1 is 1.26 bits per heavy atom. The smallest absolute Gasteiger partial charge is 0.270 e. The van der Waals surface area contributed by atoms with E-state index in [2.05, 4.69) is 4.98 Å². The number of nitrogens with one attached hydrogen (secondary N) is 1. The molecule has 2 rings (SSSR count). The van der Waals surface area contributed by atoms with Crippen LogP contribution in [0.4, 0.5) is 0 Å². The van der Waals surface area contributed by atoms with Crippen LogP contribution in [0.5, 0.6) is 5.75 Å². The number of phenols is 1. The summed E-state index contributed by atoms with van der Waals surface area (Å²) in [4.78, 5) is 27.2. The minimum absolute atomic E-state index is 0.159. The van der Waals surface area contributed by atoms with Crippen molar-refractivity contribution < 1.29 is 9.90 Å². The molecule has 0 bridgehead atoms. The zero-order chi connectivity index (χ0) is 13.8. The molecular formula is C14H14N2O3. The van der Waals surface area contributed by atoms with Crippen molar-refractivity contribution in [2.24, 2.45) is 0 Å². The molecule has 0 saturated carbocycles. The third kappa shape index (κ3) is 3.22. The third-order valence-corrected chi connectivity index (χ3v) is 2.68. The molecule has 1 aromatic carbocycles. The Morgan fingerprint density at radius 3 is 2.68 bits per heavy atom. The summed E-state index contributed by atoms with van der Waals surface area (Å²) < 4.78 is 0. The van der Waals surface area contributed by atoms with E-state index in [0.717, 1.165) is 5.56 Å². The van der Waals surface area contributed by atoms with Crippen LogP contribution in [0.3, 0.4) is 0 Å². The Labute approximate surface area is 110 Å². The summed E-state index contributed by atoms with van der Waals surface area (Å²) in [6, 6.07) is 11.1. The van der Waals surface area contributed by atoms with E-state index in [9.17, 15) is 14.7 Å². The number of amides is 1. The molecule has 0 atom stereocenters. The summed E-state index contributed by atoms with van der Waals surface area (Å²) >= 11 is 0. The maximum atomic E-state index is 12.1. The average Bonchev–Trinajstić information content (AvgIpc) is 2.38. The largest absolute Gasteiger partial charge is 0.508 e. The summed E-state index contributed by atoms with van der Waals surface area (Å²) in [5.74, 6) is -0.118. The van der Waals surface area contributed by atoms with Crippen molar-refractivity contribution in [3.05, 3.63) is 64.1 Å². The second-order valence-electron chi connectivity index (χ2n) is 4.26. The van der Waals surface area contributed by atoms with Crippen LogP contribution in [0, 0.1) is 0 Å². The van der Waals surface area contributed by atoms with Gasteiger partial charge in [0.05, 0.1) is 0 Å². The number of hydrogen-bond donors (Lipinski definition) is 2. The zero-order valence-electron chi connectivity index (χ0n) is 10.5. The Kier molecular flexibility index (Phi) is 3.66. The van der Waals surface area contributed by atoms with Gasteiger partial charge in [-0.25, -0.2) is 0 Å². The number of rotatable bonds is 3. The lowest BCUT2D eigenvalue weighted by molar-refractivity contribution is 0.0779. The lowest BCUT2D eigenvalue weighted by Crippen LogP contribution is -2.28. The molecule has 19 heavy (non-hydrogen) atoms. The summed E-state index contributed by atoms with van der Waals surface area (Å²) in [6.07, 6.45) is 0. The van der Waals surface area contributed by atoms with Gasteiger partial charge >= 0.3 is 0 Å². The highest BCUT2D eigenvalue weighted by Gasteiger charge is 2.12. The summed E-state index contributed by atoms with van der Waals surface area (Å²) in [7, 11) is 1.64. The fourth-order valence-corrected chi connectivity index (χ4v) is 1.78. The molecule has 0 radical (unpaired) electrons. The monoisotopic (exact) mass is 258 g/mol. The van der Waals surface area contributed by atoms with Gasteiger partial charge in [-0.1, -0.05) is 18.2 Å². The predicted molar refractivity (Wildman–Crippen MR) is 71.0 cm³/mol. The first-order valence-corrected chi connectivity index (χ1v) is 5.79. The Bertz CT molecular complexity index is 649. The van der Waals surface area contributed by atoms with Crippen LogP contribution < -0.4 is 5.56 Å². The molecule has 0 spiro atoms. The number of aromatic hydroxyl groups is 1. The fourth-order valence-electron chi connectivity index (χ4n) is 1.78. The van der Waals surface area contributed by atoms with Gasteiger partial charge in [0.25, 0.3) is 5.91 Å². The first kappa shape index (κ1) is 12.9. The number of benzene rings is 1. The summed E-state index contributed by atoms with van der Waals surface area (Å²) in [5.41, 5.74) is 0.751. The van der Waals surface area contributed by atoms with Crippen molar-refractivity contribution in [2.45, 2.75) is 6.54 Å². The van der Waals surface area contributed by atoms with Crippen LogP contribution >= 0.6 is 0 Å². The molecule has 1 aromatic heterocycles. The van der Waals surface area contributed by atoms with Crippen LogP contribution in [0.15, 0.2) is 47.3 Å². The van der Waals surface area contributed by atoms with Crippen LogP contribution in [0.25, 0.3) is 0 Å². The number of nitrogens with zero attached hydrogens (tertiary/aromatic N) is 1. The first-order chi connectivity index (χ1) is 9.06. The first-order valence-electron chi connectivity index (χ1n) is 5.79. The Morgan fingerprint density at radius 2 is 2.00 bits per heavy atom. The molecule has 5 heteroatoms. The maximum Gasteiger partial charge on any atom is 0.270 e. The fraction of sp³-hybridized carbons (Fsp3) is 0.143. The molecule has 1 amide bonds. The van der Waals surface area contributed by atoms with Crippen LogP contribution in [0.1, 0.15) is 16.1 Å². The van der Waals surface area contributed by atoms with Gasteiger partial charge in [-0.15, -0.1) is 0 Å². The van der Waals surface area contributed by atoms with Crippen LogP contribution in [-0.4, -0.2) is 27.9 Å². The van der Waals surface area contributed by atoms with E-state index >= 15 is 0 Å². The highest BCUT2D eigenvalue weighted by atomic mass is 16.3. The number of aromatic nitrogens is 1. The molecule has 5 nitrogen and oxygen atoms in total. The number of carbonyl (C=O) groups excluding carboxylic acids is 1. The van der Waals surface area contributed by atoms with Crippen LogP contribution in [0.2, 0.25) is 0 Å². The molecule has 0 fully saturated rings. The molecule has 2 aromatic rings. The zero-order valence-corrected chi connectivity index (χ0v) is 10.5. The number of aromatic amines is 1. The minimum atomic E-state index is -0.309. The normalized spacial score (nSPS) is 10.2. The van der Waals surface area contributed by atoms with Gasteiger partial charge in [0.2, 0.25) is 5.56 Å². The molecule has 0 aliphatic rings. The summed E-state index contributed by atoms with van der Waals surface area (Å²) in [5, 5.41) is 9.37. The second kappa shape index (κ2) is 5.39. The van der Waals surface area contributed by atoms with Crippen molar-refractivity contribution in [2.75, 3.05) is 7.05 Å². The third-order valence-electron chi connectivity index (χ3n) is 2.68. The van der Waals surface area contributed by atoms with Crippen molar-refractivity contribution in [3.8, 4) is 5.75 Å². The number of H-pyrrole nitrogens is 1. The number of hydrogen-bond acceptors (Lipinski definition) is 3. The van der Waals surface area contributed by atoms with Gasteiger partial charge in [0.15, 0.2) is 0 Å². The quantitative estimate of drug-likeness (QED) is 0.872. The molecule has 0 aliphatic carbocycles. The van der Waals surface area contributed by atoms with E-state index in [0.29, 0.717) is 6.54 Å². The minimum Gasteiger partial charge on any atom is -0.508 e. The highest BCUT2D eigenvalue weighted by molar-refractivity contribution is 5.91. The van der Waals surface area contributed by atoms with E-state index in [4.69, 9.17) is 0 Å². The van der Waals surface area contributed by atoms with Crippen molar-refractivity contribution >= 4 is 5.91 Å². The second-order valence-corrected chi connectivity index (χ2v) is 4.26. The Hall–Kier alpha value is -2.56. The van der Waals surface area contributed by atoms with Gasteiger partial charge in [0.1, 0.15) is 11.4 Å². The van der Waals surface area contributed by atoms with Gasteiger partial charge in [-0.3, -0.25) is 9.59 Å². The van der Waals surface area contributed by atoms with Crippen molar-refractivity contribution in [1.82, 2.24) is 9.88 Å². The van der Waals surface area contributed by atoms with Gasteiger partial charge in [-0.2, -0.15) is 0 Å². The molecule has 0 aliphatic heterocycles. The van der Waals surface area contributed by atoms with E-state index in [1.807, 2.05) is 6.07 Å². The average molecular weight is 258 g/mol. The van der Waals surface area contributed by atoms with Crippen molar-refractivity contribution in [1.29, 1.82) is 0 Å². The highest BCUT2D eigenvalue weighted by Crippen LogP contribution is 2.13. The molecule has 0 unspecified atom stereocenters. The SMILES string of the molecule is CN(Cc1cccc(O)c1)C(=O)c1cccc(=O)[nH]1. The molecular weight excluding hydrogens is 244 g/mol. The standard InChI is InChI=1S/C14H14N2O3/c1-16(9-10-4-2-5-11(17)8-10)14(19)12-6-3-7-13(18)15-12/h2-8,17H,9H2,1H3,(H,15,18). The van der Waals surface area contributed by atoms with Gasteiger partial charge in [-0.05, 0) is 23.8 Å². The predicted octanol–water partition coefficient (Wildman–Crippen LogP) is 1.35. The van der Waals surface area contributed by atoms with E-state index in [1.165, 1.54) is 17.0 Å². The van der Waals surface area contributed by atoms with Gasteiger partial charge < -0.3 is 15.0 Å². The molecule has 0 saturated heterocycles. The molecule has 1 heterocycles. The lowest BCUT2D eigenvalue weighted by atomic mass is 10.2. The van der Waals surface area contributed by atoms with Crippen LogP contribution in [-0.2, 0) is 6.54 Å². The lowest BCUT2D eigenvalue weighted by Gasteiger charge is -2.17. The van der Waals surface area contributed by atoms with E-state index in [1.54, 1.807) is 31.3 Å². The van der Waals surface area contributed by atoms with Crippen molar-refractivity contribution in [3.63, 3.8) is 0 Å². The number of phenolic OH excluding ortho intramolecular Hbond substituents is 1. The maximum absolute atomic E-state index is 12.1. The number of carbonyl (C=O) groups is 1.